The van der Waals surface area contributed by atoms with Gasteiger partial charge in [-0.2, -0.15) is 0 Å². The van der Waals surface area contributed by atoms with Crippen LogP contribution in [-0.2, 0) is 4.79 Å². The molecule has 1 amide bonds. The summed E-state index contributed by atoms with van der Waals surface area (Å²) in [7, 11) is 4.23. The van der Waals surface area contributed by atoms with Crippen molar-refractivity contribution in [3.63, 3.8) is 0 Å². The topological polar surface area (TPSA) is 44.4 Å². The fourth-order valence-corrected chi connectivity index (χ4v) is 2.82. The molecule has 2 aliphatic rings. The number of nitrogens with one attached hydrogen (secondary N) is 2. The number of nitrogens with zero attached hydrogens (tertiary/aromatic N) is 1. The van der Waals surface area contributed by atoms with Crippen molar-refractivity contribution in [3.8, 4) is 0 Å². The lowest BCUT2D eigenvalue weighted by atomic mass is 9.75. The van der Waals surface area contributed by atoms with Gasteiger partial charge in [0.1, 0.15) is 0 Å². The van der Waals surface area contributed by atoms with Gasteiger partial charge in [-0.1, -0.05) is 6.42 Å². The first-order valence-electron chi connectivity index (χ1n) is 6.83. The normalized spacial score (nSPS) is 27.6. The van der Waals surface area contributed by atoms with Gasteiger partial charge in [-0.3, -0.25) is 4.79 Å². The molecule has 1 aliphatic heterocycles. The number of carbonyl (C=O) groups is 1. The van der Waals surface area contributed by atoms with Crippen molar-refractivity contribution in [3.05, 3.63) is 0 Å². The lowest BCUT2D eigenvalue weighted by molar-refractivity contribution is -0.124. The van der Waals surface area contributed by atoms with Gasteiger partial charge in [0, 0.05) is 12.1 Å². The third-order valence-corrected chi connectivity index (χ3v) is 4.45. The highest BCUT2D eigenvalue weighted by Gasteiger charge is 2.39. The van der Waals surface area contributed by atoms with Gasteiger partial charge in [0.15, 0.2) is 0 Å². The van der Waals surface area contributed by atoms with E-state index in [9.17, 15) is 4.79 Å². The molecule has 0 aromatic heterocycles. The van der Waals surface area contributed by atoms with Crippen molar-refractivity contribution in [2.24, 2.45) is 0 Å². The highest BCUT2D eigenvalue weighted by molar-refractivity contribution is 5.81. The summed E-state index contributed by atoms with van der Waals surface area (Å²) in [5.74, 6) is 0.192. The van der Waals surface area contributed by atoms with Crippen LogP contribution in [0.4, 0.5) is 0 Å². The number of carbonyl (C=O) groups excluding carboxylic acids is 1. The fourth-order valence-electron chi connectivity index (χ4n) is 2.82. The number of hydrogen-bond acceptors (Lipinski definition) is 3. The SMILES string of the molecule is CN(C)C1(CNC(=O)[C@H]2CCCCN2)CCC1. The van der Waals surface area contributed by atoms with Crippen molar-refractivity contribution in [1.29, 1.82) is 0 Å². The summed E-state index contributed by atoms with van der Waals surface area (Å²) in [6.07, 6.45) is 7.06. The van der Waals surface area contributed by atoms with Gasteiger partial charge in [-0.25, -0.2) is 0 Å². The van der Waals surface area contributed by atoms with Crippen molar-refractivity contribution in [2.45, 2.75) is 50.1 Å². The molecule has 0 aromatic carbocycles. The summed E-state index contributed by atoms with van der Waals surface area (Å²) in [6.45, 7) is 1.79. The van der Waals surface area contributed by atoms with Gasteiger partial charge in [-0.05, 0) is 52.7 Å². The molecule has 1 aliphatic carbocycles. The Morgan fingerprint density at radius 3 is 2.59 bits per heavy atom. The van der Waals surface area contributed by atoms with Crippen LogP contribution in [0, 0.1) is 0 Å². The van der Waals surface area contributed by atoms with Gasteiger partial charge in [0.05, 0.1) is 6.04 Å². The van der Waals surface area contributed by atoms with Crippen LogP contribution in [0.5, 0.6) is 0 Å². The zero-order valence-electron chi connectivity index (χ0n) is 11.1. The van der Waals surface area contributed by atoms with E-state index >= 15 is 0 Å². The highest BCUT2D eigenvalue weighted by Crippen LogP contribution is 2.35. The predicted molar refractivity (Wildman–Crippen MR) is 68.9 cm³/mol. The summed E-state index contributed by atoms with van der Waals surface area (Å²) in [4.78, 5) is 14.3. The first-order chi connectivity index (χ1) is 8.14. The maximum atomic E-state index is 12.0. The van der Waals surface area contributed by atoms with E-state index in [1.807, 2.05) is 0 Å². The lowest BCUT2D eigenvalue weighted by Crippen LogP contribution is -2.59. The first kappa shape index (κ1) is 12.8. The van der Waals surface area contributed by atoms with Crippen molar-refractivity contribution < 1.29 is 4.79 Å². The first-order valence-corrected chi connectivity index (χ1v) is 6.83. The van der Waals surface area contributed by atoms with Crippen LogP contribution in [0.15, 0.2) is 0 Å². The van der Waals surface area contributed by atoms with Crippen LogP contribution in [0.2, 0.25) is 0 Å². The number of hydrogen-bond donors (Lipinski definition) is 2. The average Bonchev–Trinajstić information content (AvgIpc) is 2.28. The van der Waals surface area contributed by atoms with Crippen molar-refractivity contribution in [1.82, 2.24) is 15.5 Å². The maximum Gasteiger partial charge on any atom is 0.237 e. The Balaban J connectivity index is 1.78. The van der Waals surface area contributed by atoms with E-state index in [4.69, 9.17) is 0 Å². The summed E-state index contributed by atoms with van der Waals surface area (Å²) in [5, 5.41) is 6.43. The van der Waals surface area contributed by atoms with E-state index in [1.165, 1.54) is 32.1 Å². The maximum absolute atomic E-state index is 12.0. The Bertz CT molecular complexity index is 268. The third-order valence-electron chi connectivity index (χ3n) is 4.45. The van der Waals surface area contributed by atoms with E-state index in [-0.39, 0.29) is 17.5 Å². The molecule has 0 bridgehead atoms. The minimum atomic E-state index is 0.0445. The molecule has 0 aromatic rings. The van der Waals surface area contributed by atoms with Crippen molar-refractivity contribution >= 4 is 5.91 Å². The molecule has 1 heterocycles. The molecular formula is C13H25N3O. The lowest BCUT2D eigenvalue weighted by Gasteiger charge is -2.47. The number of amides is 1. The molecule has 2 N–H and O–H groups in total. The molecule has 98 valence electrons. The van der Waals surface area contributed by atoms with Gasteiger partial charge in [-0.15, -0.1) is 0 Å². The minimum absolute atomic E-state index is 0.0445. The summed E-state index contributed by atoms with van der Waals surface area (Å²) >= 11 is 0. The van der Waals surface area contributed by atoms with Gasteiger partial charge < -0.3 is 15.5 Å². The van der Waals surface area contributed by atoms with Crippen LogP contribution in [0.1, 0.15) is 38.5 Å². The monoisotopic (exact) mass is 239 g/mol. The summed E-state index contributed by atoms with van der Waals surface area (Å²) < 4.78 is 0. The molecule has 1 saturated carbocycles. The number of likely N-dealkylation sites (N-methyl/N-ethyl adjacent to an activating group) is 1. The number of rotatable bonds is 4. The quantitative estimate of drug-likeness (QED) is 0.760. The molecule has 0 unspecified atom stereocenters. The average molecular weight is 239 g/mol. The molecule has 0 spiro atoms. The number of piperidine rings is 1. The second-order valence-corrected chi connectivity index (χ2v) is 5.69. The van der Waals surface area contributed by atoms with Gasteiger partial charge in [0.2, 0.25) is 5.91 Å². The third kappa shape index (κ3) is 2.80. The van der Waals surface area contributed by atoms with Crippen LogP contribution in [0.25, 0.3) is 0 Å². The zero-order valence-corrected chi connectivity index (χ0v) is 11.1. The van der Waals surface area contributed by atoms with E-state index in [1.54, 1.807) is 0 Å². The van der Waals surface area contributed by atoms with Gasteiger partial charge in [0.25, 0.3) is 0 Å². The second-order valence-electron chi connectivity index (χ2n) is 5.69. The summed E-state index contributed by atoms with van der Waals surface area (Å²) in [5.41, 5.74) is 0.227. The van der Waals surface area contributed by atoms with Crippen molar-refractivity contribution in [2.75, 3.05) is 27.2 Å². The smallest absolute Gasteiger partial charge is 0.237 e. The molecular weight excluding hydrogens is 214 g/mol. The zero-order chi connectivity index (χ0) is 12.3. The molecule has 4 heteroatoms. The van der Waals surface area contributed by atoms with E-state index < -0.39 is 0 Å². The standard InChI is InChI=1S/C13H25N3O/c1-16(2)13(7-5-8-13)10-15-12(17)11-6-3-4-9-14-11/h11,14H,3-10H2,1-2H3,(H,15,17)/t11-/m1/s1. The van der Waals surface area contributed by atoms with Crippen LogP contribution >= 0.6 is 0 Å². The highest BCUT2D eigenvalue weighted by atomic mass is 16.2. The molecule has 4 nitrogen and oxygen atoms in total. The van der Waals surface area contributed by atoms with Gasteiger partial charge >= 0.3 is 0 Å². The molecule has 2 fully saturated rings. The van der Waals surface area contributed by atoms with E-state index in [0.717, 1.165) is 19.5 Å². The Labute approximate surface area is 104 Å². The Morgan fingerprint density at radius 1 is 1.35 bits per heavy atom. The Kier molecular flexibility index (Phi) is 4.05. The molecule has 1 saturated heterocycles. The minimum Gasteiger partial charge on any atom is -0.353 e. The Morgan fingerprint density at radius 2 is 2.12 bits per heavy atom. The van der Waals surface area contributed by atoms with E-state index in [0.29, 0.717) is 0 Å². The predicted octanol–water partition coefficient (Wildman–Crippen LogP) is 0.729. The fraction of sp³-hybridized carbons (Fsp3) is 0.923. The molecule has 2 rings (SSSR count). The van der Waals surface area contributed by atoms with E-state index in [2.05, 4.69) is 29.6 Å². The molecule has 0 radical (unpaired) electrons. The van der Waals surface area contributed by atoms with Crippen LogP contribution in [-0.4, -0.2) is 49.6 Å². The van der Waals surface area contributed by atoms with Crippen LogP contribution < -0.4 is 10.6 Å². The largest absolute Gasteiger partial charge is 0.353 e. The van der Waals surface area contributed by atoms with Crippen LogP contribution in [0.3, 0.4) is 0 Å². The Hall–Kier alpha value is -0.610. The second kappa shape index (κ2) is 5.36. The summed E-state index contributed by atoms with van der Waals surface area (Å²) in [6, 6.07) is 0.0445. The molecule has 17 heavy (non-hydrogen) atoms. The molecule has 1 atom stereocenters.